The molecule has 0 bridgehead atoms. The number of ketones is 2. The Balaban J connectivity index is 2.18. The van der Waals surface area contributed by atoms with E-state index in [4.69, 9.17) is 11.5 Å². The number of hydrazine groups is 1. The number of phenolic OH excluding ortho intramolecular Hbond substituents is 1. The van der Waals surface area contributed by atoms with Gasteiger partial charge in [-0.05, 0) is 47.9 Å². The lowest BCUT2D eigenvalue weighted by Crippen LogP contribution is -2.62. The molecule has 2 aromatic rings. The second kappa shape index (κ2) is 33.8. The number of aliphatic hydroxyl groups is 2. The largest absolute Gasteiger partial charge is 0.508 e. The third kappa shape index (κ3) is 22.8. The topological polar surface area (TPSA) is 524 Å². The molecule has 32 heteroatoms. The van der Waals surface area contributed by atoms with E-state index in [1.54, 1.807) is 44.2 Å². The number of nitrogens with two attached hydrogens (primary N) is 2. The third-order valence-corrected chi connectivity index (χ3v) is 12.6. The first kappa shape index (κ1) is 69.3. The molecular weight excluding hydrogens is 1110 g/mol. The van der Waals surface area contributed by atoms with Crippen molar-refractivity contribution in [1.29, 1.82) is 0 Å². The van der Waals surface area contributed by atoms with Crippen molar-refractivity contribution in [2.45, 2.75) is 127 Å². The van der Waals surface area contributed by atoms with E-state index < -0.39 is 194 Å². The number of Topliss-reactive ketones (excluding diaryl/α,β-unsaturated/α-hetero) is 2. The van der Waals surface area contributed by atoms with Gasteiger partial charge in [-0.2, -0.15) is 0 Å². The van der Waals surface area contributed by atoms with Gasteiger partial charge < -0.3 is 79.5 Å². The number of rotatable bonds is 16. The summed E-state index contributed by atoms with van der Waals surface area (Å²) in [6.45, 7) is 2.42. The zero-order chi connectivity index (χ0) is 63.0. The van der Waals surface area contributed by atoms with Crippen LogP contribution in [0.2, 0.25) is 0 Å². The van der Waals surface area contributed by atoms with Gasteiger partial charge in [-0.15, -0.1) is 0 Å². The van der Waals surface area contributed by atoms with Crippen LogP contribution in [0, 0.1) is 11.8 Å². The van der Waals surface area contributed by atoms with Gasteiger partial charge in [-0.25, -0.2) is 5.43 Å². The monoisotopic (exact) mass is 1180 g/mol. The average molecular weight is 1180 g/mol. The number of aliphatic carboxylic acids is 2. The van der Waals surface area contributed by atoms with E-state index in [0.717, 1.165) is 0 Å². The molecule has 84 heavy (non-hydrogen) atoms. The van der Waals surface area contributed by atoms with Crippen molar-refractivity contribution >= 4 is 82.6 Å². The lowest BCUT2D eigenvalue weighted by Gasteiger charge is -2.27. The molecule has 10 amide bonds. The molecule has 1 aliphatic rings. The molecule has 1 fully saturated rings. The van der Waals surface area contributed by atoms with Gasteiger partial charge in [0.1, 0.15) is 54.1 Å². The van der Waals surface area contributed by atoms with E-state index in [0.29, 0.717) is 11.1 Å². The molecule has 0 radical (unpaired) electrons. The van der Waals surface area contributed by atoms with Crippen LogP contribution in [0.3, 0.4) is 0 Å². The van der Waals surface area contributed by atoms with E-state index in [1.807, 2.05) is 16.0 Å². The highest BCUT2D eigenvalue weighted by molar-refractivity contribution is 6.41. The number of carboxylic acids is 2. The molecule has 3 rings (SSSR count). The zero-order valence-corrected chi connectivity index (χ0v) is 46.3. The number of carbonyl (C=O) groups is 14. The van der Waals surface area contributed by atoms with Crippen molar-refractivity contribution in [3.05, 3.63) is 65.7 Å². The first-order valence-electron chi connectivity index (χ1n) is 26.3. The number of phenols is 1. The van der Waals surface area contributed by atoms with Crippen LogP contribution < -0.4 is 70.2 Å². The van der Waals surface area contributed by atoms with Crippen LogP contribution in [0.1, 0.15) is 64.5 Å². The summed E-state index contributed by atoms with van der Waals surface area (Å²) in [5, 5.41) is 70.0. The van der Waals surface area contributed by atoms with E-state index in [-0.39, 0.29) is 30.9 Å². The van der Waals surface area contributed by atoms with Crippen LogP contribution in [0.4, 0.5) is 0 Å². The Morgan fingerprint density at radius 2 is 0.940 bits per heavy atom. The SMILES string of the molecule is CC(C)C[C@H]1NCC(=O)NC(CN)C(=O)NNC(Cc2ccc(O)cc2)C(=O)N[C@@H](Cc2ccccc2)C(=O)NC(CC(=O)O)C(=O)N[C@@H](CC(=O)O)C(=O)NC(CO)C(=O)N[C@@H](CO)C(=O)NC(CC(N)=O)C(=O)N[C@@H](C(C)C)C(=O)C1=O. The number of benzene rings is 2. The Bertz CT molecular complexity index is 2710. The van der Waals surface area contributed by atoms with Gasteiger partial charge in [0.05, 0.1) is 51.1 Å². The minimum absolute atomic E-state index is 0.0595. The fourth-order valence-corrected chi connectivity index (χ4v) is 8.14. The number of primary amides is 1. The summed E-state index contributed by atoms with van der Waals surface area (Å²) in [5.74, 6) is -19.6. The van der Waals surface area contributed by atoms with Crippen molar-refractivity contribution in [3.63, 3.8) is 0 Å². The molecule has 5 unspecified atom stereocenters. The molecule has 20 N–H and O–H groups in total. The normalized spacial score (nSPS) is 24.9. The third-order valence-electron chi connectivity index (χ3n) is 12.6. The summed E-state index contributed by atoms with van der Waals surface area (Å²) in [6.07, 6.45) is -4.16. The fourth-order valence-electron chi connectivity index (χ4n) is 8.14. The van der Waals surface area contributed by atoms with Crippen LogP contribution >= 0.6 is 0 Å². The number of carboxylic acid groups (broad SMARTS) is 2. The first-order chi connectivity index (χ1) is 39.6. The Hall–Kier alpha value is -8.98. The van der Waals surface area contributed by atoms with E-state index >= 15 is 0 Å². The number of hydrogen-bond acceptors (Lipinski definition) is 20. The number of aliphatic hydroxyl groups excluding tert-OH is 2. The molecule has 0 aliphatic carbocycles. The molecular formula is C52H73N13O19. The highest BCUT2D eigenvalue weighted by atomic mass is 16.4. The van der Waals surface area contributed by atoms with Crippen molar-refractivity contribution in [2.24, 2.45) is 23.3 Å². The van der Waals surface area contributed by atoms with Gasteiger partial charge in [-0.3, -0.25) is 77.9 Å². The first-order valence-corrected chi connectivity index (χ1v) is 26.3. The number of nitrogens with one attached hydrogen (secondary N) is 11. The highest BCUT2D eigenvalue weighted by Gasteiger charge is 2.39. The second-order valence-electron chi connectivity index (χ2n) is 20.2. The maximum absolute atomic E-state index is 14.4. The van der Waals surface area contributed by atoms with Crippen LogP contribution in [-0.2, 0) is 80.0 Å². The summed E-state index contributed by atoms with van der Waals surface area (Å²) < 4.78 is 0. The molecule has 0 aromatic heterocycles. The second-order valence-corrected chi connectivity index (χ2v) is 20.2. The molecule has 1 heterocycles. The standard InChI is InChI=1S/C52H73N13O19/c1-24(2)14-29-43(75)44(76)42(25(3)4)63-48(80)31(17-38(54)69)58-50(82)36(22-66)62-51(83)37(23-67)61-47(79)33(19-41(73)74)60-46(78)32(18-40(71)72)59-45(77)30(15-26-8-6-5-7-9-26)57-49(81)34(16-27-10-12-28(68)13-11-27)64-65-52(84)35(20-53)56-39(70)21-55-29/h5-13,24-25,29-37,42,55,64,66-68H,14-23,53H2,1-4H3,(H2,54,69)(H,56,70)(H,57,81)(H,58,82)(H,59,77)(H,60,78)(H,61,79)(H,62,83)(H,63,80)(H,65,84)(H,71,72)(H,73,74)/t29-,30+,31?,32?,33+,34?,35?,36+,37?,42+/m1/s1. The predicted octanol–water partition coefficient (Wildman–Crippen LogP) is -7.37. The van der Waals surface area contributed by atoms with Crippen molar-refractivity contribution in [3.8, 4) is 5.75 Å². The highest BCUT2D eigenvalue weighted by Crippen LogP contribution is 2.14. The molecule has 460 valence electrons. The fraction of sp³-hybridized carbons (Fsp3) is 0.500. The predicted molar refractivity (Wildman–Crippen MR) is 290 cm³/mol. The summed E-state index contributed by atoms with van der Waals surface area (Å²) in [6, 6.07) is -5.01. The maximum Gasteiger partial charge on any atom is 0.305 e. The molecule has 0 saturated carbocycles. The van der Waals surface area contributed by atoms with Gasteiger partial charge in [0.15, 0.2) is 0 Å². The van der Waals surface area contributed by atoms with E-state index in [1.165, 1.54) is 38.1 Å². The maximum atomic E-state index is 14.4. The van der Waals surface area contributed by atoms with Gasteiger partial charge in [0.2, 0.25) is 64.7 Å². The van der Waals surface area contributed by atoms with Crippen LogP contribution in [0.25, 0.3) is 0 Å². The molecule has 1 saturated heterocycles. The Labute approximate surface area is 480 Å². The van der Waals surface area contributed by atoms with Crippen LogP contribution in [-0.4, -0.2) is 195 Å². The Morgan fingerprint density at radius 3 is 1.40 bits per heavy atom. The van der Waals surface area contributed by atoms with E-state index in [9.17, 15) is 92.7 Å². The smallest absolute Gasteiger partial charge is 0.305 e. The average Bonchev–Trinajstić information content (AvgIpc) is 3.59. The molecule has 10 atom stereocenters. The van der Waals surface area contributed by atoms with Gasteiger partial charge >= 0.3 is 11.9 Å². The number of aromatic hydroxyl groups is 1. The zero-order valence-electron chi connectivity index (χ0n) is 46.3. The number of hydrogen-bond donors (Lipinski definition) is 18. The minimum Gasteiger partial charge on any atom is -0.508 e. The molecule has 2 aromatic carbocycles. The van der Waals surface area contributed by atoms with Crippen LogP contribution in [0.15, 0.2) is 54.6 Å². The van der Waals surface area contributed by atoms with E-state index in [2.05, 4.69) is 42.8 Å². The quantitative estimate of drug-likeness (QED) is 0.0694. The number of carbonyl (C=O) groups excluding carboxylic acids is 12. The molecule has 0 spiro atoms. The number of amides is 10. The summed E-state index contributed by atoms with van der Waals surface area (Å²) in [7, 11) is 0. The molecule has 32 nitrogen and oxygen atoms in total. The summed E-state index contributed by atoms with van der Waals surface area (Å²) in [5.41, 5.74) is 16.9. The van der Waals surface area contributed by atoms with Crippen molar-refractivity contribution in [2.75, 3.05) is 26.3 Å². The van der Waals surface area contributed by atoms with Gasteiger partial charge in [0, 0.05) is 13.0 Å². The van der Waals surface area contributed by atoms with Crippen LogP contribution in [0.5, 0.6) is 5.75 Å². The van der Waals surface area contributed by atoms with Crippen molar-refractivity contribution < 1.29 is 92.7 Å². The summed E-state index contributed by atoms with van der Waals surface area (Å²) >= 11 is 0. The van der Waals surface area contributed by atoms with Gasteiger partial charge in [0.25, 0.3) is 5.91 Å². The lowest BCUT2D eigenvalue weighted by molar-refractivity contribution is -0.143. The summed E-state index contributed by atoms with van der Waals surface area (Å²) in [4.78, 5) is 188. The van der Waals surface area contributed by atoms with Crippen molar-refractivity contribution in [1.82, 2.24) is 58.7 Å². The Morgan fingerprint density at radius 1 is 0.512 bits per heavy atom. The Kier molecular flexibility index (Phi) is 27.9. The van der Waals surface area contributed by atoms with Gasteiger partial charge in [-0.1, -0.05) is 70.2 Å². The minimum atomic E-state index is -2.21. The lowest BCUT2D eigenvalue weighted by atomic mass is 9.90. The molecule has 1 aliphatic heterocycles.